The molecule has 0 aliphatic heterocycles. The maximum atomic E-state index is 12.0. The molecule has 2 nitrogen and oxygen atoms in total. The number of halogens is 3. The summed E-state index contributed by atoms with van der Waals surface area (Å²) in [4.78, 5) is 0.145. The van der Waals surface area contributed by atoms with Crippen LogP contribution >= 0.6 is 11.8 Å². The van der Waals surface area contributed by atoms with Crippen molar-refractivity contribution in [2.24, 2.45) is 0 Å². The minimum absolute atomic E-state index is 0.145. The highest BCUT2D eigenvalue weighted by Gasteiger charge is 2.28. The highest BCUT2D eigenvalue weighted by Crippen LogP contribution is 2.36. The van der Waals surface area contributed by atoms with Gasteiger partial charge >= 0.3 is 5.51 Å². The molecule has 0 fully saturated rings. The third-order valence-corrected chi connectivity index (χ3v) is 2.31. The summed E-state index contributed by atoms with van der Waals surface area (Å²) >= 11 is -0.148. The summed E-state index contributed by atoms with van der Waals surface area (Å²) in [5.74, 6) is 0. The Labute approximate surface area is 89.7 Å². The van der Waals surface area contributed by atoms with Crippen molar-refractivity contribution in [3.8, 4) is 0 Å². The molecule has 0 unspecified atom stereocenters. The first-order valence-corrected chi connectivity index (χ1v) is 4.93. The summed E-state index contributed by atoms with van der Waals surface area (Å²) in [6.45, 7) is 0.289. The molecule has 0 saturated carbocycles. The number of nitrogens with zero attached hydrogens (tertiary/aromatic N) is 1. The van der Waals surface area contributed by atoms with E-state index in [1.807, 2.05) is 0 Å². The van der Waals surface area contributed by atoms with E-state index in [0.717, 1.165) is 10.6 Å². The van der Waals surface area contributed by atoms with E-state index in [-0.39, 0.29) is 23.2 Å². The van der Waals surface area contributed by atoms with Gasteiger partial charge in [-0.15, -0.1) is 0 Å². The first-order chi connectivity index (χ1) is 6.87. The first-order valence-electron chi connectivity index (χ1n) is 4.11. The zero-order valence-electron chi connectivity index (χ0n) is 7.95. The molecule has 0 spiro atoms. The van der Waals surface area contributed by atoms with Gasteiger partial charge in [0.2, 0.25) is 0 Å². The number of hydrogen-bond acceptors (Lipinski definition) is 3. The van der Waals surface area contributed by atoms with Crippen molar-refractivity contribution in [2.45, 2.75) is 16.9 Å². The molecule has 1 aromatic rings. The van der Waals surface area contributed by atoms with Crippen LogP contribution in [-0.2, 0) is 6.54 Å². The van der Waals surface area contributed by atoms with Gasteiger partial charge in [0, 0.05) is 18.5 Å². The van der Waals surface area contributed by atoms with Crippen LogP contribution in [0.5, 0.6) is 0 Å². The molecule has 0 heterocycles. The molecule has 0 aromatic heterocycles. The van der Waals surface area contributed by atoms with Crippen LogP contribution in [0.1, 0.15) is 5.56 Å². The quantitative estimate of drug-likeness (QED) is 0.645. The molecule has 0 aliphatic carbocycles. The lowest BCUT2D eigenvalue weighted by Gasteiger charge is -2.09. The van der Waals surface area contributed by atoms with Crippen LogP contribution in [0, 0.1) is 0 Å². The molecule has 0 aliphatic rings. The third-order valence-electron chi connectivity index (χ3n) is 1.57. The summed E-state index contributed by atoms with van der Waals surface area (Å²) < 4.78 is 35.9. The Kier molecular flexibility index (Phi) is 4.01. The van der Waals surface area contributed by atoms with Gasteiger partial charge in [0.1, 0.15) is 0 Å². The molecule has 1 aromatic carbocycles. The fourth-order valence-corrected chi connectivity index (χ4v) is 1.60. The lowest BCUT2D eigenvalue weighted by molar-refractivity contribution is -0.0731. The van der Waals surface area contributed by atoms with E-state index < -0.39 is 5.51 Å². The Balaban J connectivity index is 2.64. The number of rotatable bonds is 3. The normalized spacial score (nSPS) is 12.1. The Morgan fingerprint density at radius 1 is 1.27 bits per heavy atom. The van der Waals surface area contributed by atoms with Crippen molar-refractivity contribution >= 4 is 11.8 Å². The van der Waals surface area contributed by atoms with Crippen molar-refractivity contribution in [3.63, 3.8) is 0 Å². The summed E-state index contributed by atoms with van der Waals surface area (Å²) in [7, 11) is 1.47. The minimum Gasteiger partial charge on any atom is -0.314 e. The highest BCUT2D eigenvalue weighted by molar-refractivity contribution is 8.00. The van der Waals surface area contributed by atoms with E-state index in [2.05, 4.69) is 0 Å². The molecule has 0 saturated heterocycles. The van der Waals surface area contributed by atoms with Crippen LogP contribution in [0.15, 0.2) is 29.2 Å². The van der Waals surface area contributed by atoms with Gasteiger partial charge in [-0.05, 0) is 29.5 Å². The number of hydroxylamine groups is 2. The number of thioether (sulfide) groups is 1. The number of alkyl halides is 3. The zero-order valence-corrected chi connectivity index (χ0v) is 8.77. The molecule has 0 bridgehead atoms. The molecule has 0 radical (unpaired) electrons. The SMILES string of the molecule is CN(O)Cc1ccc(SC(F)(F)F)cc1. The second-order valence-electron chi connectivity index (χ2n) is 3.01. The van der Waals surface area contributed by atoms with Gasteiger partial charge in [0.25, 0.3) is 0 Å². The van der Waals surface area contributed by atoms with Crippen LogP contribution in [0.25, 0.3) is 0 Å². The molecule has 6 heteroatoms. The van der Waals surface area contributed by atoms with Crippen molar-refractivity contribution in [3.05, 3.63) is 29.8 Å². The van der Waals surface area contributed by atoms with Gasteiger partial charge in [0.15, 0.2) is 0 Å². The largest absolute Gasteiger partial charge is 0.446 e. The molecular weight excluding hydrogens is 227 g/mol. The van der Waals surface area contributed by atoms with Crippen molar-refractivity contribution in [2.75, 3.05) is 7.05 Å². The van der Waals surface area contributed by atoms with E-state index in [4.69, 9.17) is 5.21 Å². The minimum atomic E-state index is -4.25. The van der Waals surface area contributed by atoms with Crippen LogP contribution in [-0.4, -0.2) is 22.8 Å². The smallest absolute Gasteiger partial charge is 0.314 e. The van der Waals surface area contributed by atoms with Crippen LogP contribution in [0.2, 0.25) is 0 Å². The Morgan fingerprint density at radius 2 is 1.80 bits per heavy atom. The van der Waals surface area contributed by atoms with E-state index in [1.54, 1.807) is 12.1 Å². The van der Waals surface area contributed by atoms with Crippen LogP contribution < -0.4 is 0 Å². The monoisotopic (exact) mass is 237 g/mol. The number of hydrogen-bond donors (Lipinski definition) is 1. The Hall–Kier alpha value is -0.720. The number of benzene rings is 1. The maximum Gasteiger partial charge on any atom is 0.446 e. The van der Waals surface area contributed by atoms with Crippen molar-refractivity contribution in [1.29, 1.82) is 0 Å². The van der Waals surface area contributed by atoms with E-state index in [1.165, 1.54) is 19.2 Å². The average Bonchev–Trinajstić information content (AvgIpc) is 2.05. The summed E-state index contributed by atoms with van der Waals surface area (Å²) in [6.07, 6.45) is 0. The van der Waals surface area contributed by atoms with E-state index >= 15 is 0 Å². The van der Waals surface area contributed by atoms with Gasteiger partial charge in [-0.3, -0.25) is 0 Å². The summed E-state index contributed by atoms with van der Waals surface area (Å²) in [5, 5.41) is 9.87. The molecule has 0 atom stereocenters. The fourth-order valence-electron chi connectivity index (χ4n) is 1.06. The van der Waals surface area contributed by atoms with E-state index in [9.17, 15) is 13.2 Å². The van der Waals surface area contributed by atoms with Crippen molar-refractivity contribution in [1.82, 2.24) is 5.06 Å². The zero-order chi connectivity index (χ0) is 11.5. The van der Waals surface area contributed by atoms with Gasteiger partial charge in [-0.1, -0.05) is 12.1 Å². The lowest BCUT2D eigenvalue weighted by atomic mass is 10.2. The second-order valence-corrected chi connectivity index (χ2v) is 4.15. The topological polar surface area (TPSA) is 23.5 Å². The predicted molar refractivity (Wildman–Crippen MR) is 51.6 cm³/mol. The van der Waals surface area contributed by atoms with E-state index in [0.29, 0.717) is 0 Å². The average molecular weight is 237 g/mol. The summed E-state index contributed by atoms with van der Waals surface area (Å²) in [5.41, 5.74) is -3.50. The molecule has 84 valence electrons. The molecule has 0 amide bonds. The Bertz CT molecular complexity index is 310. The Morgan fingerprint density at radius 3 is 2.20 bits per heavy atom. The third kappa shape index (κ3) is 5.06. The second kappa shape index (κ2) is 4.87. The molecule has 15 heavy (non-hydrogen) atoms. The predicted octanol–water partition coefficient (Wildman–Crippen LogP) is 3.12. The van der Waals surface area contributed by atoms with Crippen LogP contribution in [0.3, 0.4) is 0 Å². The summed E-state index contributed by atoms with van der Waals surface area (Å²) in [6, 6.07) is 5.88. The van der Waals surface area contributed by atoms with Gasteiger partial charge < -0.3 is 5.21 Å². The molecule has 1 rings (SSSR count). The van der Waals surface area contributed by atoms with Crippen LogP contribution in [0.4, 0.5) is 13.2 Å². The molecule has 1 N–H and O–H groups in total. The van der Waals surface area contributed by atoms with Gasteiger partial charge in [0.05, 0.1) is 0 Å². The fraction of sp³-hybridized carbons (Fsp3) is 0.333. The van der Waals surface area contributed by atoms with Gasteiger partial charge in [-0.25, -0.2) is 0 Å². The molecular formula is C9H10F3NOS. The highest BCUT2D eigenvalue weighted by atomic mass is 32.2. The van der Waals surface area contributed by atoms with Crippen molar-refractivity contribution < 1.29 is 18.4 Å². The van der Waals surface area contributed by atoms with Gasteiger partial charge in [-0.2, -0.15) is 18.2 Å². The standard InChI is InChI=1S/C9H10F3NOS/c1-13(14)6-7-2-4-8(5-3-7)15-9(10,11)12/h2-5,14H,6H2,1H3. The lowest BCUT2D eigenvalue weighted by Crippen LogP contribution is -2.11. The first kappa shape index (κ1) is 12.4. The maximum absolute atomic E-state index is 12.0.